The Labute approximate surface area is 124 Å². The maximum absolute atomic E-state index is 12.1. The number of anilines is 1. The maximum atomic E-state index is 12.1. The van der Waals surface area contributed by atoms with Gasteiger partial charge in [0, 0.05) is 30.8 Å². The van der Waals surface area contributed by atoms with Gasteiger partial charge in [0.15, 0.2) is 0 Å². The summed E-state index contributed by atoms with van der Waals surface area (Å²) in [6.45, 7) is 4.90. The Morgan fingerprint density at radius 1 is 1.43 bits per heavy atom. The number of hydrogen-bond acceptors (Lipinski definition) is 5. The van der Waals surface area contributed by atoms with E-state index < -0.39 is 4.92 Å². The number of rotatable bonds is 7. The number of nitro groups is 1. The van der Waals surface area contributed by atoms with Crippen molar-refractivity contribution in [1.29, 1.82) is 0 Å². The molecule has 0 bridgehead atoms. The Hall–Kier alpha value is -2.15. The zero-order valence-corrected chi connectivity index (χ0v) is 12.8. The molecule has 1 amide bonds. The lowest BCUT2D eigenvalue weighted by molar-refractivity contribution is -0.384. The topological polar surface area (TPSA) is 87.5 Å². The minimum Gasteiger partial charge on any atom is -0.380 e. The Morgan fingerprint density at radius 3 is 2.62 bits per heavy atom. The number of carbonyl (C=O) groups is 1. The van der Waals surface area contributed by atoms with Gasteiger partial charge >= 0.3 is 0 Å². The van der Waals surface area contributed by atoms with E-state index in [1.54, 1.807) is 0 Å². The first kappa shape index (κ1) is 16.9. The third-order valence-electron chi connectivity index (χ3n) is 3.26. The van der Waals surface area contributed by atoms with E-state index in [1.165, 1.54) is 18.2 Å². The Balaban J connectivity index is 2.85. The van der Waals surface area contributed by atoms with E-state index in [2.05, 4.69) is 10.6 Å². The van der Waals surface area contributed by atoms with E-state index in [0.29, 0.717) is 24.3 Å². The number of likely N-dealkylation sites (N-methyl/N-ethyl adjacent to an activating group) is 1. The number of nitrogens with zero attached hydrogens (tertiary/aromatic N) is 2. The Kier molecular flexibility index (Phi) is 6.10. The molecule has 0 heterocycles. The molecule has 7 heteroatoms. The summed E-state index contributed by atoms with van der Waals surface area (Å²) in [5, 5.41) is 16.7. The van der Waals surface area contributed by atoms with Crippen LogP contribution in [0.1, 0.15) is 24.2 Å². The molecule has 1 aromatic rings. The van der Waals surface area contributed by atoms with Gasteiger partial charge in [0.1, 0.15) is 5.69 Å². The van der Waals surface area contributed by atoms with Crippen molar-refractivity contribution in [2.45, 2.75) is 19.9 Å². The van der Waals surface area contributed by atoms with Crippen LogP contribution >= 0.6 is 0 Å². The molecule has 0 aromatic heterocycles. The van der Waals surface area contributed by atoms with E-state index in [4.69, 9.17) is 0 Å². The predicted octanol–water partition coefficient (Wildman–Crippen LogP) is 1.71. The van der Waals surface area contributed by atoms with Gasteiger partial charge in [-0.3, -0.25) is 14.9 Å². The molecular weight excluding hydrogens is 272 g/mol. The highest BCUT2D eigenvalue weighted by molar-refractivity contribution is 5.95. The second-order valence-corrected chi connectivity index (χ2v) is 5.04. The highest BCUT2D eigenvalue weighted by Crippen LogP contribution is 2.25. The van der Waals surface area contributed by atoms with Gasteiger partial charge in [0.2, 0.25) is 0 Å². The minimum atomic E-state index is -0.464. The van der Waals surface area contributed by atoms with E-state index >= 15 is 0 Å². The van der Waals surface area contributed by atoms with Crippen LogP contribution < -0.4 is 10.6 Å². The summed E-state index contributed by atoms with van der Waals surface area (Å²) in [6, 6.07) is 4.54. The summed E-state index contributed by atoms with van der Waals surface area (Å²) in [5.74, 6) is -0.238. The molecule has 21 heavy (non-hydrogen) atoms. The van der Waals surface area contributed by atoms with Crippen LogP contribution in [0.15, 0.2) is 18.2 Å². The largest absolute Gasteiger partial charge is 0.380 e. The number of nitrogens with one attached hydrogen (secondary N) is 2. The molecule has 0 saturated heterocycles. The van der Waals surface area contributed by atoms with E-state index in [0.717, 1.165) is 0 Å². The lowest BCUT2D eigenvalue weighted by atomic mass is 10.1. The summed E-state index contributed by atoms with van der Waals surface area (Å²) in [4.78, 5) is 24.5. The predicted molar refractivity (Wildman–Crippen MR) is 82.7 cm³/mol. The number of nitro benzene ring substituents is 1. The molecule has 1 rings (SSSR count). The van der Waals surface area contributed by atoms with Crippen LogP contribution in [0.25, 0.3) is 0 Å². The minimum absolute atomic E-state index is 0.0324. The molecule has 0 aliphatic heterocycles. The fourth-order valence-corrected chi connectivity index (χ4v) is 1.69. The molecule has 7 nitrogen and oxygen atoms in total. The molecule has 1 unspecified atom stereocenters. The van der Waals surface area contributed by atoms with Gasteiger partial charge in [-0.05, 0) is 40.1 Å². The first-order chi connectivity index (χ1) is 9.86. The molecule has 1 aromatic carbocycles. The molecule has 1 atom stereocenters. The summed E-state index contributed by atoms with van der Waals surface area (Å²) in [6.07, 6.45) is 0. The summed E-state index contributed by atoms with van der Waals surface area (Å²) >= 11 is 0. The van der Waals surface area contributed by atoms with Crippen LogP contribution in [0.3, 0.4) is 0 Å². The first-order valence-electron chi connectivity index (χ1n) is 6.83. The molecule has 116 valence electrons. The lowest BCUT2D eigenvalue weighted by Crippen LogP contribution is -2.38. The Morgan fingerprint density at radius 2 is 2.10 bits per heavy atom. The molecule has 0 radical (unpaired) electrons. The molecule has 0 spiro atoms. The molecule has 0 saturated carbocycles. The van der Waals surface area contributed by atoms with Crippen LogP contribution in [0, 0.1) is 10.1 Å². The van der Waals surface area contributed by atoms with E-state index in [9.17, 15) is 14.9 Å². The zero-order valence-electron chi connectivity index (χ0n) is 12.8. The van der Waals surface area contributed by atoms with Crippen LogP contribution in [0.2, 0.25) is 0 Å². The third-order valence-corrected chi connectivity index (χ3v) is 3.26. The third kappa shape index (κ3) is 4.71. The monoisotopic (exact) mass is 294 g/mol. The van der Waals surface area contributed by atoms with Crippen molar-refractivity contribution in [3.8, 4) is 0 Å². The van der Waals surface area contributed by atoms with Crippen molar-refractivity contribution in [2.24, 2.45) is 0 Å². The van der Waals surface area contributed by atoms with Crippen LogP contribution in [0.4, 0.5) is 11.4 Å². The van der Waals surface area contributed by atoms with Crippen LogP contribution in [0.5, 0.6) is 0 Å². The second-order valence-electron chi connectivity index (χ2n) is 5.04. The smallest absolute Gasteiger partial charge is 0.292 e. The van der Waals surface area contributed by atoms with Gasteiger partial charge in [0.05, 0.1) is 4.92 Å². The van der Waals surface area contributed by atoms with Gasteiger partial charge in [-0.15, -0.1) is 0 Å². The van der Waals surface area contributed by atoms with Crippen molar-refractivity contribution in [1.82, 2.24) is 10.2 Å². The summed E-state index contributed by atoms with van der Waals surface area (Å²) < 4.78 is 0. The highest BCUT2D eigenvalue weighted by atomic mass is 16.6. The van der Waals surface area contributed by atoms with E-state index in [1.807, 2.05) is 32.8 Å². The van der Waals surface area contributed by atoms with Crippen molar-refractivity contribution in [3.05, 3.63) is 33.9 Å². The van der Waals surface area contributed by atoms with Crippen molar-refractivity contribution in [3.63, 3.8) is 0 Å². The maximum Gasteiger partial charge on any atom is 0.292 e. The SMILES string of the molecule is CCNc1cc(C(=O)NCC(C)N(C)C)ccc1[N+](=O)[O-]. The quantitative estimate of drug-likeness (QED) is 0.590. The molecular formula is C14H22N4O3. The number of amides is 1. The lowest BCUT2D eigenvalue weighted by Gasteiger charge is -2.20. The van der Waals surface area contributed by atoms with Gasteiger partial charge < -0.3 is 15.5 Å². The normalized spacial score (nSPS) is 12.0. The second kappa shape index (κ2) is 7.58. The van der Waals surface area contributed by atoms with Gasteiger partial charge in [-0.2, -0.15) is 0 Å². The Bertz CT molecular complexity index is 517. The summed E-state index contributed by atoms with van der Waals surface area (Å²) in [5.41, 5.74) is 0.730. The summed E-state index contributed by atoms with van der Waals surface area (Å²) in [7, 11) is 3.87. The first-order valence-corrected chi connectivity index (χ1v) is 6.83. The molecule has 2 N–H and O–H groups in total. The molecule has 0 aliphatic rings. The van der Waals surface area contributed by atoms with E-state index in [-0.39, 0.29) is 17.6 Å². The van der Waals surface area contributed by atoms with Crippen molar-refractivity contribution in [2.75, 3.05) is 32.5 Å². The van der Waals surface area contributed by atoms with Crippen molar-refractivity contribution >= 4 is 17.3 Å². The average Bonchev–Trinajstić information content (AvgIpc) is 2.44. The van der Waals surface area contributed by atoms with Gasteiger partial charge in [0.25, 0.3) is 11.6 Å². The van der Waals surface area contributed by atoms with Gasteiger partial charge in [-0.1, -0.05) is 0 Å². The molecule has 0 fully saturated rings. The highest BCUT2D eigenvalue weighted by Gasteiger charge is 2.16. The van der Waals surface area contributed by atoms with Crippen LogP contribution in [-0.2, 0) is 0 Å². The zero-order chi connectivity index (χ0) is 16.0. The number of carbonyl (C=O) groups excluding carboxylic acids is 1. The average molecular weight is 294 g/mol. The van der Waals surface area contributed by atoms with Crippen molar-refractivity contribution < 1.29 is 9.72 Å². The fourth-order valence-electron chi connectivity index (χ4n) is 1.69. The van der Waals surface area contributed by atoms with Crippen LogP contribution in [-0.4, -0.2) is 49.0 Å². The van der Waals surface area contributed by atoms with Gasteiger partial charge in [-0.25, -0.2) is 0 Å². The number of benzene rings is 1. The fraction of sp³-hybridized carbons (Fsp3) is 0.500. The standard InChI is InChI=1S/C14H22N4O3/c1-5-15-12-8-11(6-7-13(12)18(20)21)14(19)16-9-10(2)17(3)4/h6-8,10,15H,5,9H2,1-4H3,(H,16,19). The number of hydrogen-bond donors (Lipinski definition) is 2. The molecule has 0 aliphatic carbocycles.